The molecule has 0 aliphatic carbocycles. The van der Waals surface area contributed by atoms with Crippen molar-refractivity contribution in [1.29, 1.82) is 0 Å². The van der Waals surface area contributed by atoms with Gasteiger partial charge in [0.25, 0.3) is 0 Å². The molecule has 1 aliphatic rings. The Morgan fingerprint density at radius 3 is 3.10 bits per heavy atom. The minimum atomic E-state index is -0.664. The molecule has 1 aromatic carbocycles. The maximum Gasteiger partial charge on any atom is 0.309 e. The Labute approximate surface area is 179 Å². The van der Waals surface area contributed by atoms with Crippen LogP contribution >= 0.6 is 15.9 Å². The summed E-state index contributed by atoms with van der Waals surface area (Å²) in [5.41, 5.74) is 1.88. The highest BCUT2D eigenvalue weighted by Gasteiger charge is 2.22. The first-order valence-electron chi connectivity index (χ1n) is 9.97. The van der Waals surface area contributed by atoms with Gasteiger partial charge in [-0.3, -0.25) is 9.79 Å². The number of anilines is 1. The van der Waals surface area contributed by atoms with E-state index in [0.29, 0.717) is 25.4 Å². The number of carbonyl (C=O) groups is 1. The van der Waals surface area contributed by atoms with Crippen LogP contribution in [0.3, 0.4) is 0 Å². The summed E-state index contributed by atoms with van der Waals surface area (Å²) < 4.78 is 8.27. The van der Waals surface area contributed by atoms with Gasteiger partial charge in [-0.2, -0.15) is 0 Å². The number of aliphatic hydroxyl groups is 1. The summed E-state index contributed by atoms with van der Waals surface area (Å²) >= 11 is 3.49. The smallest absolute Gasteiger partial charge is 0.309 e. The van der Waals surface area contributed by atoms with Crippen molar-refractivity contribution in [2.45, 2.75) is 45.3 Å². The van der Waals surface area contributed by atoms with Crippen LogP contribution in [0.5, 0.6) is 0 Å². The van der Waals surface area contributed by atoms with Crippen molar-refractivity contribution in [3.8, 4) is 0 Å². The molecule has 2 atom stereocenters. The number of imidazole rings is 1. The molecule has 0 fully saturated rings. The van der Waals surface area contributed by atoms with Crippen molar-refractivity contribution in [2.24, 2.45) is 10.9 Å². The molecule has 0 saturated carbocycles. The third-order valence-corrected chi connectivity index (χ3v) is 5.45. The fraction of sp³-hybridized carbons (Fsp3) is 0.476. The Balaban J connectivity index is 1.56. The lowest BCUT2D eigenvalue weighted by atomic mass is 9.94. The van der Waals surface area contributed by atoms with Gasteiger partial charge in [0.1, 0.15) is 6.10 Å². The van der Waals surface area contributed by atoms with Crippen LogP contribution in [0, 0.1) is 5.92 Å². The number of halogens is 1. The number of nitrogens with zero attached hydrogens (tertiary/aromatic N) is 3. The van der Waals surface area contributed by atoms with Gasteiger partial charge in [-0.15, -0.1) is 0 Å². The maximum atomic E-state index is 12.4. The molecule has 0 radical (unpaired) electrons. The number of aliphatic imine (C=N–C) groups is 1. The van der Waals surface area contributed by atoms with Gasteiger partial charge in [0.05, 0.1) is 37.4 Å². The molecule has 0 spiro atoms. The summed E-state index contributed by atoms with van der Waals surface area (Å²) in [6, 6.07) is 8.04. The van der Waals surface area contributed by atoms with Crippen LogP contribution in [-0.4, -0.2) is 40.1 Å². The summed E-state index contributed by atoms with van der Waals surface area (Å²) in [7, 11) is 0. The molecular weight excluding hydrogens is 436 g/mol. The average Bonchev–Trinajstić information content (AvgIpc) is 3.01. The number of carbonyl (C=O) groups excluding carboxylic acids is 1. The summed E-state index contributed by atoms with van der Waals surface area (Å²) in [4.78, 5) is 20.8. The molecule has 0 amide bonds. The summed E-state index contributed by atoms with van der Waals surface area (Å²) in [5, 5.41) is 13.3. The topological polar surface area (TPSA) is 88.7 Å². The van der Waals surface area contributed by atoms with Crippen molar-refractivity contribution in [1.82, 2.24) is 9.55 Å². The van der Waals surface area contributed by atoms with E-state index in [1.165, 1.54) is 0 Å². The van der Waals surface area contributed by atoms with E-state index in [9.17, 15) is 9.90 Å². The predicted octanol–water partition coefficient (Wildman–Crippen LogP) is 3.73. The zero-order chi connectivity index (χ0) is 20.6. The number of benzene rings is 1. The molecule has 2 heterocycles. The molecule has 2 N–H and O–H groups in total. The number of hydrogen-bond donors (Lipinski definition) is 2. The number of aromatic nitrogens is 2. The van der Waals surface area contributed by atoms with E-state index in [4.69, 9.17) is 4.74 Å². The Morgan fingerprint density at radius 2 is 2.31 bits per heavy atom. The third kappa shape index (κ3) is 5.90. The van der Waals surface area contributed by atoms with Crippen molar-refractivity contribution in [3.05, 3.63) is 46.3 Å². The summed E-state index contributed by atoms with van der Waals surface area (Å²) in [6.45, 7) is 3.28. The normalized spacial score (nSPS) is 16.6. The lowest BCUT2D eigenvalue weighted by Gasteiger charge is -2.16. The van der Waals surface area contributed by atoms with Gasteiger partial charge >= 0.3 is 5.97 Å². The lowest BCUT2D eigenvalue weighted by Crippen LogP contribution is -2.20. The second-order valence-corrected chi connectivity index (χ2v) is 8.02. The maximum absolute atomic E-state index is 12.4. The first-order chi connectivity index (χ1) is 14.1. The Kier molecular flexibility index (Phi) is 7.83. The number of hydrogen-bond acceptors (Lipinski definition) is 6. The largest absolute Gasteiger partial charge is 0.466 e. The van der Waals surface area contributed by atoms with E-state index >= 15 is 0 Å². The molecule has 2 unspecified atom stereocenters. The van der Waals surface area contributed by atoms with E-state index in [1.807, 2.05) is 35.8 Å². The van der Waals surface area contributed by atoms with Crippen molar-refractivity contribution in [2.75, 3.05) is 18.5 Å². The quantitative estimate of drug-likeness (QED) is 0.437. The highest BCUT2D eigenvalue weighted by atomic mass is 79.9. The number of nitrogens with one attached hydrogen (secondary N) is 1. The Hall–Kier alpha value is -2.19. The predicted molar refractivity (Wildman–Crippen MR) is 116 cm³/mol. The molecule has 3 rings (SSSR count). The van der Waals surface area contributed by atoms with Gasteiger partial charge in [0.15, 0.2) is 5.82 Å². The lowest BCUT2D eigenvalue weighted by molar-refractivity contribution is -0.148. The van der Waals surface area contributed by atoms with Crippen LogP contribution in [0.2, 0.25) is 0 Å². The zero-order valence-electron chi connectivity index (χ0n) is 16.6. The van der Waals surface area contributed by atoms with E-state index in [2.05, 4.69) is 31.2 Å². The van der Waals surface area contributed by atoms with Crippen molar-refractivity contribution < 1.29 is 14.6 Å². The zero-order valence-corrected chi connectivity index (χ0v) is 18.1. The number of aliphatic hydroxyl groups excluding tert-OH is 1. The molecule has 156 valence electrons. The van der Waals surface area contributed by atoms with Gasteiger partial charge in [-0.05, 0) is 43.9 Å². The van der Waals surface area contributed by atoms with Crippen molar-refractivity contribution in [3.63, 3.8) is 0 Å². The van der Waals surface area contributed by atoms with Crippen LogP contribution < -0.4 is 5.32 Å². The number of rotatable bonds is 9. The average molecular weight is 463 g/mol. The van der Waals surface area contributed by atoms with Gasteiger partial charge in [-0.25, -0.2) is 4.98 Å². The second-order valence-electron chi connectivity index (χ2n) is 7.10. The minimum absolute atomic E-state index is 0.138. The number of aryl methyl sites for hydroxylation is 1. The minimum Gasteiger partial charge on any atom is -0.466 e. The number of esters is 1. The van der Waals surface area contributed by atoms with Crippen LogP contribution in [0.4, 0.5) is 5.82 Å². The molecule has 0 bridgehead atoms. The van der Waals surface area contributed by atoms with Gasteiger partial charge in [-0.1, -0.05) is 34.5 Å². The summed E-state index contributed by atoms with van der Waals surface area (Å²) in [5.74, 6) is 0.350. The molecule has 0 saturated heterocycles. The van der Waals surface area contributed by atoms with Crippen LogP contribution in [0.15, 0.2) is 40.1 Å². The van der Waals surface area contributed by atoms with Gasteiger partial charge in [0, 0.05) is 11.0 Å². The molecular formula is C21H27BrN4O3. The standard InChI is InChI=1S/C21H27BrN4O3/c1-2-29-21(28)16(10-15-6-5-8-17(22)11-15)7-3-4-9-26-14-25-20-19(26)18(27)12-23-13-24-20/h5-6,8,11,13-14,16,18,27H,2-4,7,9-10,12H2,1H3,(H,23,24). The van der Waals surface area contributed by atoms with Crippen LogP contribution in [-0.2, 0) is 22.5 Å². The van der Waals surface area contributed by atoms with Crippen LogP contribution in [0.1, 0.15) is 43.5 Å². The highest BCUT2D eigenvalue weighted by molar-refractivity contribution is 9.10. The Morgan fingerprint density at radius 1 is 1.45 bits per heavy atom. The van der Waals surface area contributed by atoms with E-state index < -0.39 is 6.10 Å². The van der Waals surface area contributed by atoms with E-state index in [-0.39, 0.29) is 11.9 Å². The second kappa shape index (κ2) is 10.5. The molecule has 8 heteroatoms. The number of unbranched alkanes of at least 4 members (excludes halogenated alkanes) is 1. The fourth-order valence-electron chi connectivity index (χ4n) is 3.56. The SMILES string of the molecule is CCOC(=O)C(CCCCn1cnc2c1C(O)CN=CN2)Cc1cccc(Br)c1. The molecule has 2 aromatic rings. The molecule has 1 aliphatic heterocycles. The fourth-order valence-corrected chi connectivity index (χ4v) is 4.01. The first kappa shape index (κ1) is 21.5. The van der Waals surface area contributed by atoms with Crippen LogP contribution in [0.25, 0.3) is 0 Å². The van der Waals surface area contributed by atoms with E-state index in [0.717, 1.165) is 41.5 Å². The van der Waals surface area contributed by atoms with E-state index in [1.54, 1.807) is 12.7 Å². The molecule has 7 nitrogen and oxygen atoms in total. The Bertz CT molecular complexity index is 852. The number of fused-ring (bicyclic) bond motifs is 1. The van der Waals surface area contributed by atoms with Crippen molar-refractivity contribution >= 4 is 34.1 Å². The van der Waals surface area contributed by atoms with Gasteiger partial charge < -0.3 is 19.7 Å². The molecule has 29 heavy (non-hydrogen) atoms. The molecule has 1 aromatic heterocycles. The monoisotopic (exact) mass is 462 g/mol. The van der Waals surface area contributed by atoms with Gasteiger partial charge in [0.2, 0.25) is 0 Å². The third-order valence-electron chi connectivity index (χ3n) is 4.96. The highest BCUT2D eigenvalue weighted by Crippen LogP contribution is 2.25. The summed E-state index contributed by atoms with van der Waals surface area (Å²) in [6.07, 6.45) is 5.82. The first-order valence-corrected chi connectivity index (χ1v) is 10.8. The number of ether oxygens (including phenoxy) is 1.